The molecule has 2 aliphatic carbocycles. The van der Waals surface area contributed by atoms with Gasteiger partial charge in [0, 0.05) is 30.5 Å². The first-order valence-electron chi connectivity index (χ1n) is 11.3. The summed E-state index contributed by atoms with van der Waals surface area (Å²) in [6.07, 6.45) is 10.1. The maximum absolute atomic E-state index is 10.2. The second kappa shape index (κ2) is 9.69. The van der Waals surface area contributed by atoms with Gasteiger partial charge in [-0.3, -0.25) is 4.79 Å². The molecule has 3 aromatic heterocycles. The zero-order valence-corrected chi connectivity index (χ0v) is 19.6. The number of benzene rings is 1. The highest BCUT2D eigenvalue weighted by Crippen LogP contribution is 2.40. The molecule has 6 rings (SSSR count). The number of carbonyl (C=O) groups is 1. The molecule has 9 heteroatoms. The fourth-order valence-corrected chi connectivity index (χ4v) is 4.26. The molecule has 3 N–H and O–H groups in total. The molecule has 1 saturated carbocycles. The second-order valence-corrected chi connectivity index (χ2v) is 8.95. The summed E-state index contributed by atoms with van der Waals surface area (Å²) in [5.74, 6) is 2.34. The van der Waals surface area contributed by atoms with E-state index in [1.54, 1.807) is 6.33 Å². The van der Waals surface area contributed by atoms with Gasteiger partial charge in [-0.15, -0.1) is 0 Å². The molecule has 34 heavy (non-hydrogen) atoms. The third-order valence-corrected chi connectivity index (χ3v) is 6.36. The zero-order valence-electron chi connectivity index (χ0n) is 18.8. The fraction of sp³-hybridized carbons (Fsp3) is 0.280. The highest BCUT2D eigenvalue weighted by Gasteiger charge is 2.25. The van der Waals surface area contributed by atoms with Crippen LogP contribution >= 0.6 is 11.6 Å². The van der Waals surface area contributed by atoms with Crippen LogP contribution in [-0.4, -0.2) is 32.8 Å². The van der Waals surface area contributed by atoms with Crippen molar-refractivity contribution in [3.8, 4) is 0 Å². The van der Waals surface area contributed by atoms with Gasteiger partial charge in [-0.25, -0.2) is 15.0 Å². The van der Waals surface area contributed by atoms with Crippen molar-refractivity contribution in [2.45, 2.75) is 37.8 Å². The van der Waals surface area contributed by atoms with E-state index in [4.69, 9.17) is 11.6 Å². The van der Waals surface area contributed by atoms with Crippen LogP contribution in [0.5, 0.6) is 0 Å². The smallest absolute Gasteiger partial charge is 0.207 e. The highest BCUT2D eigenvalue weighted by atomic mass is 35.5. The Hall–Kier alpha value is -3.65. The van der Waals surface area contributed by atoms with E-state index in [2.05, 4.69) is 59.8 Å². The average molecular weight is 476 g/mol. The molecule has 0 saturated heterocycles. The van der Waals surface area contributed by atoms with E-state index in [0.29, 0.717) is 6.54 Å². The van der Waals surface area contributed by atoms with Gasteiger partial charge < -0.3 is 20.4 Å². The largest absolute Gasteiger partial charge is 0.373 e. The minimum Gasteiger partial charge on any atom is -0.373 e. The Kier molecular flexibility index (Phi) is 6.31. The molecule has 1 unspecified atom stereocenters. The number of carbonyl (C=O) groups excluding carboxylic acids is 1. The van der Waals surface area contributed by atoms with Gasteiger partial charge in [0.05, 0.1) is 18.3 Å². The number of anilines is 2. The second-order valence-electron chi connectivity index (χ2n) is 8.51. The summed E-state index contributed by atoms with van der Waals surface area (Å²) in [6.45, 7) is 0.639. The first-order valence-corrected chi connectivity index (χ1v) is 11.7. The van der Waals surface area contributed by atoms with Crippen LogP contribution < -0.4 is 16.0 Å². The number of amides is 1. The Morgan fingerprint density at radius 1 is 1.12 bits per heavy atom. The molecule has 8 nitrogen and oxygen atoms in total. The lowest BCUT2D eigenvalue weighted by molar-refractivity contribution is -0.110. The SMILES string of the molecule is CNc1cc(NCc2cn3cc(C4CC4)ccc3n2)ncn1.O=CNC1Cc2ccc(Cl)cc21. The number of imidazole rings is 1. The van der Waals surface area contributed by atoms with Gasteiger partial charge in [0.25, 0.3) is 0 Å². The lowest BCUT2D eigenvalue weighted by atomic mass is 9.83. The summed E-state index contributed by atoms with van der Waals surface area (Å²) >= 11 is 5.80. The average Bonchev–Trinajstić information content (AvgIpc) is 3.62. The van der Waals surface area contributed by atoms with E-state index in [1.165, 1.54) is 24.0 Å². The maximum atomic E-state index is 10.2. The van der Waals surface area contributed by atoms with Gasteiger partial charge in [-0.2, -0.15) is 0 Å². The van der Waals surface area contributed by atoms with Gasteiger partial charge in [0.15, 0.2) is 0 Å². The molecule has 0 spiro atoms. The number of rotatable bonds is 7. The number of hydrogen-bond donors (Lipinski definition) is 3. The van der Waals surface area contributed by atoms with Gasteiger partial charge in [-0.1, -0.05) is 23.7 Å². The Morgan fingerprint density at radius 3 is 2.76 bits per heavy atom. The standard InChI is InChI=1S/C16H18N6.C9H8ClNO/c1-17-14-6-15(20-10-19-14)18-7-13-9-22-8-12(11-2-3-11)4-5-16(22)21-13;10-7-2-1-6-3-9(11-5-12)8(6)4-7/h4-6,8-11H,2-3,7H2,1H3,(H2,17,18,19,20);1-2,4-5,9H,3H2,(H,11,12). The molecular weight excluding hydrogens is 450 g/mol. The number of halogens is 1. The molecule has 0 aliphatic heterocycles. The molecule has 1 atom stereocenters. The first kappa shape index (κ1) is 22.2. The van der Waals surface area contributed by atoms with Crippen LogP contribution in [0.4, 0.5) is 11.6 Å². The Balaban J connectivity index is 0.000000169. The first-order chi connectivity index (χ1) is 16.6. The van der Waals surface area contributed by atoms with Crippen molar-refractivity contribution < 1.29 is 4.79 Å². The van der Waals surface area contributed by atoms with E-state index in [9.17, 15) is 4.79 Å². The normalized spacial score (nSPS) is 16.0. The summed E-state index contributed by atoms with van der Waals surface area (Å²) in [5.41, 5.74) is 5.82. The Labute approximate surface area is 202 Å². The summed E-state index contributed by atoms with van der Waals surface area (Å²) in [5, 5.41) is 9.73. The summed E-state index contributed by atoms with van der Waals surface area (Å²) in [7, 11) is 1.84. The third-order valence-electron chi connectivity index (χ3n) is 6.12. The number of pyridine rings is 1. The molecule has 1 aromatic carbocycles. The van der Waals surface area contributed by atoms with E-state index < -0.39 is 0 Å². The van der Waals surface area contributed by atoms with Gasteiger partial charge in [-0.05, 0) is 60.1 Å². The van der Waals surface area contributed by atoms with Gasteiger partial charge in [0.2, 0.25) is 6.41 Å². The summed E-state index contributed by atoms with van der Waals surface area (Å²) in [4.78, 5) is 23.1. The lowest BCUT2D eigenvalue weighted by Gasteiger charge is -2.29. The van der Waals surface area contributed by atoms with Crippen molar-refractivity contribution in [3.63, 3.8) is 0 Å². The van der Waals surface area contributed by atoms with Crippen LogP contribution in [0, 0.1) is 0 Å². The minimum atomic E-state index is 0.177. The fourth-order valence-electron chi connectivity index (χ4n) is 4.08. The van der Waals surface area contributed by atoms with Crippen molar-refractivity contribution >= 4 is 35.3 Å². The summed E-state index contributed by atoms with van der Waals surface area (Å²) < 4.78 is 2.11. The van der Waals surface area contributed by atoms with Crippen LogP contribution in [0.2, 0.25) is 5.02 Å². The van der Waals surface area contributed by atoms with Crippen molar-refractivity contribution in [1.29, 1.82) is 0 Å². The Morgan fingerprint density at radius 2 is 1.97 bits per heavy atom. The van der Waals surface area contributed by atoms with Crippen LogP contribution in [0.25, 0.3) is 5.65 Å². The third kappa shape index (κ3) is 4.97. The molecule has 4 aromatic rings. The molecular formula is C25H26ClN7O. The van der Waals surface area contributed by atoms with E-state index in [1.807, 2.05) is 31.3 Å². The quantitative estimate of drug-likeness (QED) is 0.344. The maximum Gasteiger partial charge on any atom is 0.207 e. The van der Waals surface area contributed by atoms with Crippen molar-refractivity contribution in [2.75, 3.05) is 17.7 Å². The monoisotopic (exact) mass is 475 g/mol. The van der Waals surface area contributed by atoms with Gasteiger partial charge in [0.1, 0.15) is 23.6 Å². The number of nitrogens with one attached hydrogen (secondary N) is 3. The number of nitrogens with zero attached hydrogens (tertiary/aromatic N) is 4. The van der Waals surface area contributed by atoms with E-state index in [0.717, 1.165) is 52.3 Å². The van der Waals surface area contributed by atoms with Crippen LogP contribution in [0.1, 0.15) is 47.2 Å². The molecule has 3 heterocycles. The van der Waals surface area contributed by atoms with E-state index in [-0.39, 0.29) is 6.04 Å². The molecule has 0 bridgehead atoms. The lowest BCUT2D eigenvalue weighted by Crippen LogP contribution is -2.30. The molecule has 2 aliphatic rings. The number of hydrogen-bond acceptors (Lipinski definition) is 6. The number of fused-ring (bicyclic) bond motifs is 2. The van der Waals surface area contributed by atoms with Crippen LogP contribution in [0.3, 0.4) is 0 Å². The molecule has 1 fully saturated rings. The molecule has 174 valence electrons. The van der Waals surface area contributed by atoms with Gasteiger partial charge >= 0.3 is 0 Å². The van der Waals surface area contributed by atoms with Crippen molar-refractivity contribution in [2.24, 2.45) is 0 Å². The van der Waals surface area contributed by atoms with Crippen LogP contribution in [0.15, 0.2) is 55.1 Å². The minimum absolute atomic E-state index is 0.177. The topological polar surface area (TPSA) is 96.2 Å². The molecule has 1 amide bonds. The number of aromatic nitrogens is 4. The highest BCUT2D eigenvalue weighted by molar-refractivity contribution is 6.30. The predicted molar refractivity (Wildman–Crippen MR) is 133 cm³/mol. The van der Waals surface area contributed by atoms with Crippen molar-refractivity contribution in [1.82, 2.24) is 24.7 Å². The van der Waals surface area contributed by atoms with E-state index >= 15 is 0 Å². The van der Waals surface area contributed by atoms with Crippen molar-refractivity contribution in [3.05, 3.63) is 82.5 Å². The van der Waals surface area contributed by atoms with Crippen LogP contribution in [-0.2, 0) is 17.8 Å². The molecule has 0 radical (unpaired) electrons. The Bertz CT molecular complexity index is 1320. The predicted octanol–water partition coefficient (Wildman–Crippen LogP) is 4.34. The zero-order chi connectivity index (χ0) is 23.5. The summed E-state index contributed by atoms with van der Waals surface area (Å²) in [6, 6.07) is 12.1.